The monoisotopic (exact) mass is 311 g/mol. The van der Waals surface area contributed by atoms with Crippen molar-refractivity contribution >= 4 is 33.7 Å². The van der Waals surface area contributed by atoms with Crippen LogP contribution in [0.1, 0.15) is 33.3 Å². The molecule has 0 unspecified atom stereocenters. The summed E-state index contributed by atoms with van der Waals surface area (Å²) >= 11 is 0. The average Bonchev–Trinajstić information content (AvgIpc) is 2.92. The number of benzene rings is 1. The summed E-state index contributed by atoms with van der Waals surface area (Å²) in [6.45, 7) is 3.89. The van der Waals surface area contributed by atoms with E-state index in [1.165, 1.54) is 0 Å². The van der Waals surface area contributed by atoms with Crippen molar-refractivity contribution in [2.75, 3.05) is 13.7 Å². The third kappa shape index (κ3) is 2.42. The van der Waals surface area contributed by atoms with Crippen molar-refractivity contribution in [3.63, 3.8) is 0 Å². The standard InChI is InChI=1S/C17H17N3O3/c1-4-23-17(22)15-9(2)14-11-7-10(16(21)18-3)5-6-12(11)20-13(14)8-19-15/h5-8,20H,4H2,1-3H3,(H,18,21). The molecule has 0 aliphatic carbocycles. The molecule has 0 aliphatic rings. The summed E-state index contributed by atoms with van der Waals surface area (Å²) in [5, 5.41) is 4.37. The second-order valence-electron chi connectivity index (χ2n) is 5.21. The zero-order chi connectivity index (χ0) is 16.6. The second kappa shape index (κ2) is 5.72. The topological polar surface area (TPSA) is 84.1 Å². The molecule has 0 saturated heterocycles. The largest absolute Gasteiger partial charge is 0.461 e. The number of rotatable bonds is 3. The van der Waals surface area contributed by atoms with Crippen LogP contribution in [0.2, 0.25) is 0 Å². The minimum Gasteiger partial charge on any atom is -0.461 e. The summed E-state index contributed by atoms with van der Waals surface area (Å²) in [6.07, 6.45) is 1.62. The van der Waals surface area contributed by atoms with Gasteiger partial charge in [0.1, 0.15) is 0 Å². The first kappa shape index (κ1) is 15.0. The van der Waals surface area contributed by atoms with Gasteiger partial charge >= 0.3 is 5.97 Å². The molecular formula is C17H17N3O3. The molecule has 6 nitrogen and oxygen atoms in total. The van der Waals surface area contributed by atoms with Crippen molar-refractivity contribution in [3.05, 3.63) is 41.2 Å². The molecule has 118 valence electrons. The molecule has 1 aromatic carbocycles. The van der Waals surface area contributed by atoms with Crippen LogP contribution in [0.25, 0.3) is 21.8 Å². The molecule has 0 atom stereocenters. The number of fused-ring (bicyclic) bond motifs is 3. The van der Waals surface area contributed by atoms with Gasteiger partial charge in [-0.05, 0) is 37.6 Å². The van der Waals surface area contributed by atoms with E-state index in [-0.39, 0.29) is 5.91 Å². The number of carbonyl (C=O) groups is 2. The first-order valence-corrected chi connectivity index (χ1v) is 7.37. The summed E-state index contributed by atoms with van der Waals surface area (Å²) in [4.78, 5) is 31.3. The highest BCUT2D eigenvalue weighted by molar-refractivity contribution is 6.12. The van der Waals surface area contributed by atoms with Crippen LogP contribution in [0.4, 0.5) is 0 Å². The lowest BCUT2D eigenvalue weighted by Gasteiger charge is -2.06. The number of amides is 1. The van der Waals surface area contributed by atoms with Gasteiger partial charge in [0.05, 0.1) is 18.3 Å². The lowest BCUT2D eigenvalue weighted by Crippen LogP contribution is -2.17. The maximum absolute atomic E-state index is 12.0. The van der Waals surface area contributed by atoms with Crippen LogP contribution in [-0.2, 0) is 4.74 Å². The number of pyridine rings is 1. The van der Waals surface area contributed by atoms with Crippen LogP contribution in [0.3, 0.4) is 0 Å². The summed E-state index contributed by atoms with van der Waals surface area (Å²) < 4.78 is 5.05. The van der Waals surface area contributed by atoms with Gasteiger partial charge in [0.25, 0.3) is 5.91 Å². The van der Waals surface area contributed by atoms with E-state index < -0.39 is 5.97 Å². The highest BCUT2D eigenvalue weighted by Crippen LogP contribution is 2.30. The Kier molecular flexibility index (Phi) is 3.73. The van der Waals surface area contributed by atoms with Gasteiger partial charge < -0.3 is 15.0 Å². The molecule has 0 saturated carbocycles. The summed E-state index contributed by atoms with van der Waals surface area (Å²) in [7, 11) is 1.59. The van der Waals surface area contributed by atoms with Crippen molar-refractivity contribution in [2.24, 2.45) is 0 Å². The van der Waals surface area contributed by atoms with E-state index in [4.69, 9.17) is 4.74 Å². The number of aromatic nitrogens is 2. The van der Waals surface area contributed by atoms with E-state index in [9.17, 15) is 9.59 Å². The molecule has 0 spiro atoms. The van der Waals surface area contributed by atoms with Gasteiger partial charge in [0, 0.05) is 28.9 Å². The maximum atomic E-state index is 12.0. The SMILES string of the molecule is CCOC(=O)c1ncc2[nH]c3ccc(C(=O)NC)cc3c2c1C. The molecule has 0 fully saturated rings. The molecule has 0 radical (unpaired) electrons. The maximum Gasteiger partial charge on any atom is 0.357 e. The Morgan fingerprint density at radius 1 is 1.30 bits per heavy atom. The fourth-order valence-electron chi connectivity index (χ4n) is 2.75. The van der Waals surface area contributed by atoms with Gasteiger partial charge in [-0.3, -0.25) is 4.79 Å². The van der Waals surface area contributed by atoms with Crippen molar-refractivity contribution < 1.29 is 14.3 Å². The number of aromatic amines is 1. The number of hydrogen-bond donors (Lipinski definition) is 2. The number of ether oxygens (including phenoxy) is 1. The van der Waals surface area contributed by atoms with Gasteiger partial charge in [-0.25, -0.2) is 9.78 Å². The molecule has 2 aromatic heterocycles. The number of nitrogens with one attached hydrogen (secondary N) is 2. The summed E-state index contributed by atoms with van der Waals surface area (Å²) in [5.41, 5.74) is 3.31. The van der Waals surface area contributed by atoms with E-state index in [2.05, 4.69) is 15.3 Å². The van der Waals surface area contributed by atoms with E-state index in [1.807, 2.05) is 19.1 Å². The van der Waals surface area contributed by atoms with E-state index >= 15 is 0 Å². The number of esters is 1. The molecule has 23 heavy (non-hydrogen) atoms. The zero-order valence-corrected chi connectivity index (χ0v) is 13.2. The predicted octanol–water partition coefficient (Wildman–Crippen LogP) is 2.56. The van der Waals surface area contributed by atoms with Gasteiger partial charge in [-0.2, -0.15) is 0 Å². The quantitative estimate of drug-likeness (QED) is 0.728. The molecule has 3 aromatic rings. The van der Waals surface area contributed by atoms with Crippen LogP contribution in [-0.4, -0.2) is 35.5 Å². The number of carbonyl (C=O) groups excluding carboxylic acids is 2. The molecule has 0 aliphatic heterocycles. The van der Waals surface area contributed by atoms with Crippen LogP contribution >= 0.6 is 0 Å². The Bertz CT molecular complexity index is 928. The Hall–Kier alpha value is -2.89. The lowest BCUT2D eigenvalue weighted by atomic mass is 10.0. The third-order valence-electron chi connectivity index (χ3n) is 3.84. The predicted molar refractivity (Wildman–Crippen MR) is 87.7 cm³/mol. The van der Waals surface area contributed by atoms with Gasteiger partial charge in [-0.1, -0.05) is 0 Å². The van der Waals surface area contributed by atoms with Crippen molar-refractivity contribution in [1.29, 1.82) is 0 Å². The Balaban J connectivity index is 2.27. The Morgan fingerprint density at radius 2 is 2.09 bits per heavy atom. The number of hydrogen-bond acceptors (Lipinski definition) is 4. The molecule has 2 heterocycles. The van der Waals surface area contributed by atoms with E-state index in [0.29, 0.717) is 17.9 Å². The Morgan fingerprint density at radius 3 is 2.78 bits per heavy atom. The fraction of sp³-hybridized carbons (Fsp3) is 0.235. The number of H-pyrrole nitrogens is 1. The molecular weight excluding hydrogens is 294 g/mol. The summed E-state index contributed by atoms with van der Waals surface area (Å²) in [5.74, 6) is -0.595. The molecule has 2 N–H and O–H groups in total. The van der Waals surface area contributed by atoms with Crippen LogP contribution < -0.4 is 5.32 Å². The minimum atomic E-state index is -0.441. The second-order valence-corrected chi connectivity index (χ2v) is 5.21. The normalized spacial score (nSPS) is 10.9. The highest BCUT2D eigenvalue weighted by Gasteiger charge is 2.18. The molecule has 1 amide bonds. The van der Waals surface area contributed by atoms with Gasteiger partial charge in [0.15, 0.2) is 5.69 Å². The van der Waals surface area contributed by atoms with Crippen molar-refractivity contribution in [2.45, 2.75) is 13.8 Å². The van der Waals surface area contributed by atoms with E-state index in [0.717, 1.165) is 27.4 Å². The Labute approximate surface area is 132 Å². The number of nitrogens with zero attached hydrogens (tertiary/aromatic N) is 1. The minimum absolute atomic E-state index is 0.154. The average molecular weight is 311 g/mol. The van der Waals surface area contributed by atoms with Crippen molar-refractivity contribution in [1.82, 2.24) is 15.3 Å². The number of aryl methyl sites for hydroxylation is 1. The van der Waals surface area contributed by atoms with Crippen LogP contribution in [0.15, 0.2) is 24.4 Å². The first-order valence-electron chi connectivity index (χ1n) is 7.37. The lowest BCUT2D eigenvalue weighted by molar-refractivity contribution is 0.0518. The molecule has 3 rings (SSSR count). The van der Waals surface area contributed by atoms with Crippen LogP contribution in [0, 0.1) is 6.92 Å². The van der Waals surface area contributed by atoms with Crippen LogP contribution in [0.5, 0.6) is 0 Å². The van der Waals surface area contributed by atoms with E-state index in [1.54, 1.807) is 26.2 Å². The smallest absolute Gasteiger partial charge is 0.357 e. The zero-order valence-electron chi connectivity index (χ0n) is 13.2. The molecule has 6 heteroatoms. The third-order valence-corrected chi connectivity index (χ3v) is 3.84. The molecule has 0 bridgehead atoms. The van der Waals surface area contributed by atoms with Crippen molar-refractivity contribution in [3.8, 4) is 0 Å². The van der Waals surface area contributed by atoms with Gasteiger partial charge in [0.2, 0.25) is 0 Å². The fourth-order valence-corrected chi connectivity index (χ4v) is 2.75. The first-order chi connectivity index (χ1) is 11.1. The highest BCUT2D eigenvalue weighted by atomic mass is 16.5. The van der Waals surface area contributed by atoms with Gasteiger partial charge in [-0.15, -0.1) is 0 Å². The summed E-state index contributed by atoms with van der Waals surface area (Å²) in [6, 6.07) is 5.42.